The number of carbonyl (C=O) groups is 3. The molecule has 25 heavy (non-hydrogen) atoms. The summed E-state index contributed by atoms with van der Waals surface area (Å²) >= 11 is 1.04. The van der Waals surface area contributed by atoms with Gasteiger partial charge in [0.05, 0.1) is 18.5 Å². The summed E-state index contributed by atoms with van der Waals surface area (Å²) in [6, 6.07) is 10.6. The van der Waals surface area contributed by atoms with Crippen LogP contribution in [0.2, 0.25) is 0 Å². The van der Waals surface area contributed by atoms with Crippen molar-refractivity contribution >= 4 is 34.8 Å². The predicted molar refractivity (Wildman–Crippen MR) is 97.1 cm³/mol. The largest absolute Gasteiger partial charge is 0.465 e. The monoisotopic (exact) mass is 360 g/mol. The third-order valence-corrected chi connectivity index (χ3v) is 4.66. The Kier molecular flexibility index (Phi) is 6.30. The SMILES string of the molecule is CCc1ccccc1NC(=O)CN(C)C(=O)c1ccc(C(=O)OC)s1. The number of ether oxygens (including phenoxy) is 1. The van der Waals surface area contributed by atoms with Crippen LogP contribution in [0.1, 0.15) is 31.8 Å². The number of esters is 1. The van der Waals surface area contributed by atoms with Crippen molar-refractivity contribution in [1.82, 2.24) is 4.90 Å². The number of benzene rings is 1. The van der Waals surface area contributed by atoms with Crippen LogP contribution in [0, 0.1) is 0 Å². The van der Waals surface area contributed by atoms with Gasteiger partial charge in [0.15, 0.2) is 0 Å². The third kappa shape index (κ3) is 4.67. The second-order valence-electron chi connectivity index (χ2n) is 5.38. The van der Waals surface area contributed by atoms with Crippen LogP contribution in [-0.4, -0.2) is 43.4 Å². The van der Waals surface area contributed by atoms with Crippen molar-refractivity contribution in [2.45, 2.75) is 13.3 Å². The lowest BCUT2D eigenvalue weighted by atomic mass is 10.1. The molecule has 2 aromatic rings. The second-order valence-corrected chi connectivity index (χ2v) is 6.46. The van der Waals surface area contributed by atoms with Gasteiger partial charge in [-0.1, -0.05) is 25.1 Å². The van der Waals surface area contributed by atoms with E-state index in [1.807, 2.05) is 31.2 Å². The number of rotatable bonds is 6. The van der Waals surface area contributed by atoms with E-state index in [1.165, 1.54) is 18.1 Å². The number of thiophene rings is 1. The highest BCUT2D eigenvalue weighted by Gasteiger charge is 2.19. The molecule has 7 heteroatoms. The Hall–Kier alpha value is -2.67. The molecule has 0 saturated carbocycles. The van der Waals surface area contributed by atoms with Crippen LogP contribution in [0.25, 0.3) is 0 Å². The van der Waals surface area contributed by atoms with E-state index < -0.39 is 5.97 Å². The third-order valence-electron chi connectivity index (χ3n) is 3.60. The summed E-state index contributed by atoms with van der Waals surface area (Å²) in [6.07, 6.45) is 0.802. The van der Waals surface area contributed by atoms with Gasteiger partial charge in [-0.15, -0.1) is 11.3 Å². The summed E-state index contributed by atoms with van der Waals surface area (Å²) in [5, 5.41) is 2.83. The molecule has 1 N–H and O–H groups in total. The Labute approximate surface area is 150 Å². The summed E-state index contributed by atoms with van der Waals surface area (Å²) in [5.74, 6) is -1.08. The molecule has 0 aliphatic rings. The molecule has 2 amide bonds. The molecule has 0 unspecified atom stereocenters. The van der Waals surface area contributed by atoms with E-state index in [9.17, 15) is 14.4 Å². The van der Waals surface area contributed by atoms with E-state index in [0.717, 1.165) is 29.0 Å². The number of hydrogen-bond donors (Lipinski definition) is 1. The van der Waals surface area contributed by atoms with Crippen LogP contribution < -0.4 is 5.32 Å². The first-order valence-corrected chi connectivity index (χ1v) is 8.59. The van der Waals surface area contributed by atoms with Crippen molar-refractivity contribution in [3.05, 3.63) is 51.7 Å². The molecule has 1 aromatic heterocycles. The molecule has 0 saturated heterocycles. The number of para-hydroxylation sites is 1. The van der Waals surface area contributed by atoms with Gasteiger partial charge in [-0.25, -0.2) is 4.79 Å². The van der Waals surface area contributed by atoms with Crippen molar-refractivity contribution in [2.24, 2.45) is 0 Å². The maximum atomic E-state index is 12.4. The highest BCUT2D eigenvalue weighted by molar-refractivity contribution is 7.15. The molecule has 0 bridgehead atoms. The summed E-state index contributed by atoms with van der Waals surface area (Å²) in [5.41, 5.74) is 1.78. The van der Waals surface area contributed by atoms with E-state index in [1.54, 1.807) is 13.1 Å². The van der Waals surface area contributed by atoms with Gasteiger partial charge >= 0.3 is 5.97 Å². The van der Waals surface area contributed by atoms with E-state index in [2.05, 4.69) is 10.1 Å². The highest BCUT2D eigenvalue weighted by Crippen LogP contribution is 2.19. The van der Waals surface area contributed by atoms with Crippen LogP contribution >= 0.6 is 11.3 Å². The van der Waals surface area contributed by atoms with E-state index >= 15 is 0 Å². The molecule has 132 valence electrons. The minimum atomic E-state index is -0.486. The number of anilines is 1. The predicted octanol–water partition coefficient (Wildman–Crippen LogP) is 2.81. The van der Waals surface area contributed by atoms with Gasteiger partial charge < -0.3 is 15.0 Å². The van der Waals surface area contributed by atoms with Crippen LogP contribution in [0.15, 0.2) is 36.4 Å². The second kappa shape index (κ2) is 8.43. The number of methoxy groups -OCH3 is 1. The first-order valence-electron chi connectivity index (χ1n) is 7.77. The number of hydrogen-bond acceptors (Lipinski definition) is 5. The van der Waals surface area contributed by atoms with Gasteiger partial charge in [-0.2, -0.15) is 0 Å². The summed E-state index contributed by atoms with van der Waals surface area (Å²) in [6.45, 7) is 1.93. The zero-order chi connectivity index (χ0) is 18.4. The van der Waals surface area contributed by atoms with Crippen LogP contribution in [0.3, 0.4) is 0 Å². The van der Waals surface area contributed by atoms with Crippen molar-refractivity contribution in [3.8, 4) is 0 Å². The number of amides is 2. The lowest BCUT2D eigenvalue weighted by molar-refractivity contribution is -0.116. The Morgan fingerprint density at radius 1 is 1.12 bits per heavy atom. The van der Waals surface area contributed by atoms with Crippen LogP contribution in [-0.2, 0) is 16.0 Å². The molecule has 1 aromatic carbocycles. The minimum absolute atomic E-state index is 0.0810. The summed E-state index contributed by atoms with van der Waals surface area (Å²) in [7, 11) is 2.83. The number of likely N-dealkylation sites (N-methyl/N-ethyl adjacent to an activating group) is 1. The molecule has 1 heterocycles. The maximum Gasteiger partial charge on any atom is 0.348 e. The van der Waals surface area contributed by atoms with Gasteiger partial charge in [0.25, 0.3) is 5.91 Å². The molecule has 0 radical (unpaired) electrons. The Morgan fingerprint density at radius 2 is 1.80 bits per heavy atom. The molecule has 0 atom stereocenters. The summed E-state index contributed by atoms with van der Waals surface area (Å²) in [4.78, 5) is 38.1. The Balaban J connectivity index is 1.99. The molecule has 2 rings (SSSR count). The molecular weight excluding hydrogens is 340 g/mol. The molecule has 0 spiro atoms. The van der Waals surface area contributed by atoms with Crippen LogP contribution in [0.4, 0.5) is 5.69 Å². The Bertz CT molecular complexity index is 785. The molecule has 6 nitrogen and oxygen atoms in total. The maximum absolute atomic E-state index is 12.4. The fourth-order valence-electron chi connectivity index (χ4n) is 2.28. The average Bonchev–Trinajstić information content (AvgIpc) is 3.10. The lowest BCUT2D eigenvalue weighted by Crippen LogP contribution is -2.34. The zero-order valence-corrected chi connectivity index (χ0v) is 15.2. The van der Waals surface area contributed by atoms with Gasteiger partial charge in [-0.05, 0) is 30.2 Å². The number of aryl methyl sites for hydroxylation is 1. The first kappa shape index (κ1) is 18.7. The lowest BCUT2D eigenvalue weighted by Gasteiger charge is -2.16. The Morgan fingerprint density at radius 3 is 2.48 bits per heavy atom. The number of nitrogens with one attached hydrogen (secondary N) is 1. The van der Waals surface area contributed by atoms with Gasteiger partial charge in [0, 0.05) is 12.7 Å². The zero-order valence-electron chi connectivity index (χ0n) is 14.4. The highest BCUT2D eigenvalue weighted by atomic mass is 32.1. The standard InChI is InChI=1S/C18H20N2O4S/c1-4-12-7-5-6-8-13(12)19-16(21)11-20(2)17(22)14-9-10-15(25-14)18(23)24-3/h5-10H,4,11H2,1-3H3,(H,19,21). The fourth-order valence-corrected chi connectivity index (χ4v) is 3.20. The van der Waals surface area contributed by atoms with Crippen molar-refractivity contribution in [3.63, 3.8) is 0 Å². The normalized spacial score (nSPS) is 10.2. The van der Waals surface area contributed by atoms with Crippen LogP contribution in [0.5, 0.6) is 0 Å². The fraction of sp³-hybridized carbons (Fsp3) is 0.278. The number of carbonyl (C=O) groups excluding carboxylic acids is 3. The van der Waals surface area contributed by atoms with Gasteiger partial charge in [0.2, 0.25) is 5.91 Å². The molecule has 0 fully saturated rings. The van der Waals surface area contributed by atoms with Gasteiger partial charge in [-0.3, -0.25) is 9.59 Å². The van der Waals surface area contributed by atoms with Crippen molar-refractivity contribution in [1.29, 1.82) is 0 Å². The van der Waals surface area contributed by atoms with Crippen molar-refractivity contribution < 1.29 is 19.1 Å². The molecular formula is C18H20N2O4S. The van der Waals surface area contributed by atoms with Crippen molar-refractivity contribution in [2.75, 3.05) is 26.0 Å². The number of nitrogens with zero attached hydrogens (tertiary/aromatic N) is 1. The first-order chi connectivity index (χ1) is 12.0. The summed E-state index contributed by atoms with van der Waals surface area (Å²) < 4.78 is 4.63. The van der Waals surface area contributed by atoms with Gasteiger partial charge in [0.1, 0.15) is 4.88 Å². The quantitative estimate of drug-likeness (QED) is 0.804. The minimum Gasteiger partial charge on any atom is -0.465 e. The topological polar surface area (TPSA) is 75.7 Å². The smallest absolute Gasteiger partial charge is 0.348 e. The average molecular weight is 360 g/mol. The molecule has 0 aliphatic carbocycles. The van der Waals surface area contributed by atoms with E-state index in [4.69, 9.17) is 0 Å². The van der Waals surface area contributed by atoms with E-state index in [-0.39, 0.29) is 18.4 Å². The molecule has 0 aliphatic heterocycles. The van der Waals surface area contributed by atoms with E-state index in [0.29, 0.717) is 9.75 Å².